The van der Waals surface area contributed by atoms with Crippen molar-refractivity contribution in [1.82, 2.24) is 0 Å². The van der Waals surface area contributed by atoms with Gasteiger partial charge in [-0.05, 0) is 0 Å². The Morgan fingerprint density at radius 1 is 0.800 bits per heavy atom. The maximum absolute atomic E-state index is 8.25. The Hall–Kier alpha value is -0.0675. The summed E-state index contributed by atoms with van der Waals surface area (Å²) in [6, 6.07) is 0. The summed E-state index contributed by atoms with van der Waals surface area (Å²) >= 11 is 0. The van der Waals surface area contributed by atoms with Crippen LogP contribution < -0.4 is 0 Å². The van der Waals surface area contributed by atoms with Crippen molar-refractivity contribution in [2.75, 3.05) is 0 Å². The standard InChI is InChI=1S/2Mg.2NO3.2H/c;;2*2-1(3)4;;/q2*+2;4*-1. The van der Waals surface area contributed by atoms with Gasteiger partial charge in [0.25, 0.3) is 0 Å². The summed E-state index contributed by atoms with van der Waals surface area (Å²) in [5, 5.41) is 29.5. The molecule has 10 heteroatoms. The Bertz CT molecular complexity index is 79.5. The molecule has 8 nitrogen and oxygen atoms in total. The van der Waals surface area contributed by atoms with Crippen molar-refractivity contribution in [1.29, 1.82) is 0 Å². The quantitative estimate of drug-likeness (QED) is 0.262. The van der Waals surface area contributed by atoms with E-state index in [-0.39, 0.29) is 49.0 Å². The van der Waals surface area contributed by atoms with Crippen molar-refractivity contribution >= 4 is 46.1 Å². The molecule has 0 N–H and O–H groups in total. The molecule has 10 heavy (non-hydrogen) atoms. The second-order valence-electron chi connectivity index (χ2n) is 0.447. The molecule has 0 aliphatic rings. The van der Waals surface area contributed by atoms with E-state index in [0.29, 0.717) is 0 Å². The Morgan fingerprint density at radius 2 is 0.800 bits per heavy atom. The van der Waals surface area contributed by atoms with E-state index < -0.39 is 10.2 Å². The second kappa shape index (κ2) is 16.0. The number of hydrogen-bond donors (Lipinski definition) is 0. The smallest absolute Gasteiger partial charge is 1.00 e. The summed E-state index contributed by atoms with van der Waals surface area (Å²) in [5.41, 5.74) is 0. The van der Waals surface area contributed by atoms with E-state index in [9.17, 15) is 0 Å². The van der Waals surface area contributed by atoms with Crippen LogP contribution in [0.15, 0.2) is 0 Å². The molecule has 0 bridgehead atoms. The Balaban J connectivity index is -0.0000000112. The third kappa shape index (κ3) is 83600. The second-order valence-corrected chi connectivity index (χ2v) is 0.447. The molecule has 0 radical (unpaired) electrons. The fourth-order valence-corrected chi connectivity index (χ4v) is 0. The molecule has 0 aliphatic heterocycles. The first kappa shape index (κ1) is 22.5. The van der Waals surface area contributed by atoms with Gasteiger partial charge in [0.05, 0.1) is 10.2 Å². The summed E-state index contributed by atoms with van der Waals surface area (Å²) in [6.07, 6.45) is 0. The predicted molar refractivity (Wildman–Crippen MR) is 34.5 cm³/mol. The molecule has 0 rings (SSSR count). The van der Waals surface area contributed by atoms with Crippen LogP contribution in [0.4, 0.5) is 0 Å². The van der Waals surface area contributed by atoms with E-state index in [1.807, 2.05) is 0 Å². The fourth-order valence-electron chi connectivity index (χ4n) is 0. The zero-order chi connectivity index (χ0) is 7.15. The molecule has 0 aromatic carbocycles. The zero-order valence-corrected chi connectivity index (χ0v) is 7.59. The maximum Gasteiger partial charge on any atom is 2.00 e. The van der Waals surface area contributed by atoms with Crippen LogP contribution in [0.3, 0.4) is 0 Å². The van der Waals surface area contributed by atoms with E-state index in [1.165, 1.54) is 0 Å². The molecule has 0 aromatic heterocycles. The Morgan fingerprint density at radius 3 is 0.800 bits per heavy atom. The van der Waals surface area contributed by atoms with Gasteiger partial charge in [-0.15, -0.1) is 0 Å². The van der Waals surface area contributed by atoms with Gasteiger partial charge in [-0.3, -0.25) is 0 Å². The van der Waals surface area contributed by atoms with E-state index in [1.54, 1.807) is 0 Å². The molecule has 0 saturated carbocycles. The molecular weight excluding hydrogens is 173 g/mol. The monoisotopic (exact) mass is 174 g/mol. The van der Waals surface area contributed by atoms with Crippen LogP contribution in [0.1, 0.15) is 2.85 Å². The fraction of sp³-hybridized carbons (Fsp3) is 0. The predicted octanol–water partition coefficient (Wildman–Crippen LogP) is -1.01. The zero-order valence-electron chi connectivity index (χ0n) is 6.76. The molecule has 52 valence electrons. The van der Waals surface area contributed by atoms with Gasteiger partial charge >= 0.3 is 46.1 Å². The van der Waals surface area contributed by atoms with Gasteiger partial charge in [-0.25, -0.2) is 0 Å². The van der Waals surface area contributed by atoms with Crippen LogP contribution in [0.5, 0.6) is 0 Å². The molecule has 0 atom stereocenters. The van der Waals surface area contributed by atoms with Crippen molar-refractivity contribution in [2.45, 2.75) is 0 Å². The summed E-state index contributed by atoms with van der Waals surface area (Å²) in [5.74, 6) is 0. The molecule has 0 amide bonds. The van der Waals surface area contributed by atoms with Gasteiger partial charge in [-0.2, -0.15) is 0 Å². The summed E-state index contributed by atoms with van der Waals surface area (Å²) < 4.78 is 0. The number of nitrogens with zero attached hydrogens (tertiary/aromatic N) is 2. The third-order valence-electron chi connectivity index (χ3n) is 0. The minimum atomic E-state index is -1.75. The van der Waals surface area contributed by atoms with Gasteiger partial charge in [0.2, 0.25) is 0 Å². The van der Waals surface area contributed by atoms with Gasteiger partial charge in [0, 0.05) is 0 Å². The minimum Gasteiger partial charge on any atom is -1.00 e. The van der Waals surface area contributed by atoms with Crippen LogP contribution in [-0.2, 0) is 0 Å². The van der Waals surface area contributed by atoms with E-state index in [0.717, 1.165) is 0 Å². The molecule has 0 aliphatic carbocycles. The Kier molecular flexibility index (Phi) is 36.0. The summed E-state index contributed by atoms with van der Waals surface area (Å²) in [6.45, 7) is 0. The first-order chi connectivity index (χ1) is 3.46. The van der Waals surface area contributed by atoms with E-state index in [2.05, 4.69) is 0 Å². The molecule has 0 unspecified atom stereocenters. The molecule has 0 spiro atoms. The van der Waals surface area contributed by atoms with Crippen molar-refractivity contribution in [2.24, 2.45) is 0 Å². The normalized spacial score (nSPS) is 4.80. The van der Waals surface area contributed by atoms with Gasteiger partial charge in [0.1, 0.15) is 0 Å². The van der Waals surface area contributed by atoms with Crippen molar-refractivity contribution in [3.8, 4) is 0 Å². The maximum atomic E-state index is 8.25. The van der Waals surface area contributed by atoms with E-state index >= 15 is 0 Å². The van der Waals surface area contributed by atoms with Gasteiger partial charge in [0.15, 0.2) is 0 Å². The van der Waals surface area contributed by atoms with Crippen LogP contribution in [0.2, 0.25) is 0 Å². The average Bonchev–Trinajstić information content (AvgIpc) is 1.25. The first-order valence-corrected chi connectivity index (χ1v) is 1.10. The van der Waals surface area contributed by atoms with Crippen LogP contribution >= 0.6 is 0 Å². The molecule has 0 heterocycles. The SMILES string of the molecule is O=[N+]([O-])[O-].O=[N+]([O-])[O-].[H-].[H-].[Mg+2].[Mg+2]. The summed E-state index contributed by atoms with van der Waals surface area (Å²) in [7, 11) is 0. The van der Waals surface area contributed by atoms with Crippen molar-refractivity contribution in [3.05, 3.63) is 30.6 Å². The average molecular weight is 175 g/mol. The molecule has 0 aromatic rings. The molecule has 0 fully saturated rings. The summed E-state index contributed by atoms with van der Waals surface area (Å²) in [4.78, 5) is 16.5. The number of rotatable bonds is 0. The Labute approximate surface area is 89.7 Å². The van der Waals surface area contributed by atoms with Crippen molar-refractivity contribution in [3.63, 3.8) is 0 Å². The van der Waals surface area contributed by atoms with Gasteiger partial charge in [-0.1, -0.05) is 0 Å². The molecule has 0 saturated heterocycles. The van der Waals surface area contributed by atoms with Gasteiger partial charge < -0.3 is 33.5 Å². The van der Waals surface area contributed by atoms with E-state index in [4.69, 9.17) is 30.6 Å². The third-order valence-corrected chi connectivity index (χ3v) is 0. The minimum absolute atomic E-state index is 0. The van der Waals surface area contributed by atoms with Crippen LogP contribution in [0, 0.1) is 30.6 Å². The van der Waals surface area contributed by atoms with Crippen LogP contribution in [-0.4, -0.2) is 56.3 Å². The van der Waals surface area contributed by atoms with Crippen LogP contribution in [0.25, 0.3) is 0 Å². The topological polar surface area (TPSA) is 132 Å². The number of hydrogen-bond acceptors (Lipinski definition) is 6. The van der Waals surface area contributed by atoms with Crippen molar-refractivity contribution < 1.29 is 13.0 Å². The molecular formula is H2Mg2N2O6. The largest absolute Gasteiger partial charge is 2.00 e. The first-order valence-electron chi connectivity index (χ1n) is 1.10.